The third-order valence-electron chi connectivity index (χ3n) is 13.0. The molecular formula is C43H59F12N7O10. The number of hydrogen-bond donors (Lipinski definition) is 2. The molecule has 2 saturated carbocycles. The predicted molar refractivity (Wildman–Crippen MR) is 223 cm³/mol. The number of alkyl halides is 12. The largest absolute Gasteiger partial charge is 0.480 e. The molecule has 29 heteroatoms. The first-order valence-electron chi connectivity index (χ1n) is 22.9. The van der Waals surface area contributed by atoms with Gasteiger partial charge in [-0.2, -0.15) is 26.3 Å². The van der Waals surface area contributed by atoms with Crippen molar-refractivity contribution in [2.24, 2.45) is 0 Å². The van der Waals surface area contributed by atoms with Gasteiger partial charge in [0.1, 0.15) is 23.3 Å². The highest BCUT2D eigenvalue weighted by Crippen LogP contribution is 2.49. The molecule has 72 heavy (non-hydrogen) atoms. The molecule has 410 valence electrons. The second-order valence-corrected chi connectivity index (χ2v) is 21.6. The number of carbonyl (C=O) groups is 7. The van der Waals surface area contributed by atoms with Crippen LogP contribution in [-0.2, 0) is 33.4 Å². The summed E-state index contributed by atoms with van der Waals surface area (Å²) in [6.45, 7) is 9.07. The minimum atomic E-state index is -5.04. The van der Waals surface area contributed by atoms with Crippen LogP contribution < -0.4 is 5.32 Å². The van der Waals surface area contributed by atoms with Crippen molar-refractivity contribution in [1.82, 2.24) is 34.7 Å². The zero-order chi connectivity index (χ0) is 54.9. The van der Waals surface area contributed by atoms with E-state index in [1.807, 2.05) is 0 Å². The Labute approximate surface area is 405 Å². The van der Waals surface area contributed by atoms with Crippen LogP contribution in [0.2, 0.25) is 0 Å². The summed E-state index contributed by atoms with van der Waals surface area (Å²) in [6, 6.07) is -5.55. The molecule has 2 N–H and O–H groups in total. The number of ether oxygens (including phenoxy) is 2. The Kier molecular flexibility index (Phi) is 15.6. The fourth-order valence-corrected chi connectivity index (χ4v) is 9.25. The molecule has 2 spiro atoms. The third kappa shape index (κ3) is 13.6. The average molecular weight is 1060 g/mol. The Morgan fingerprint density at radius 2 is 0.889 bits per heavy atom. The van der Waals surface area contributed by atoms with Gasteiger partial charge in [-0.05, 0) is 81.1 Å². The smallest absolute Gasteiger partial charge is 0.471 e. The summed E-state index contributed by atoms with van der Waals surface area (Å²) in [7, 11) is 0. The van der Waals surface area contributed by atoms with Crippen molar-refractivity contribution in [3.8, 4) is 0 Å². The number of carboxylic acids is 1. The van der Waals surface area contributed by atoms with Crippen LogP contribution in [0.3, 0.4) is 0 Å². The summed E-state index contributed by atoms with van der Waals surface area (Å²) in [5, 5.41) is 11.2. The average Bonchev–Trinajstić information content (AvgIpc) is 4.06. The lowest BCUT2D eigenvalue weighted by Gasteiger charge is -2.47. The number of hydrogen-bond acceptors (Lipinski definition) is 10. The number of likely N-dealkylation sites (tertiary alicyclic amines) is 2. The van der Waals surface area contributed by atoms with Gasteiger partial charge in [-0.3, -0.25) is 34.3 Å². The standard InChI is InChI=1S/C19H26F5N3O4.C14H18F5N3O2.C10H15F2NO4/c1-11-8-27(14(29)19(22,23)24)17(5-6-17)9-25(11)13(28)12-7-18(20,21)10-26(12)15(30)31-16(2,3)4;1-8-5-22(11(24)14(17,18)19)12(2-3-12)7-21(8)10(23)9-4-13(15,16)6-20-9;1-9(2,3)17-8(16)13-5-10(11,12)4-6(13)7(14)15/h11-12H,5-10H2,1-4H3;8-9,20H,2-7H2,1H3;6H,4-5H2,1-3H3,(H,14,15)/t11-,12-;8-,9-;6-/m000/s1. The number of carbonyl (C=O) groups excluding carboxylic acids is 6. The topological polar surface area (TPSA) is 190 Å². The van der Waals surface area contributed by atoms with E-state index in [1.165, 1.54) is 23.6 Å². The van der Waals surface area contributed by atoms with Crippen molar-refractivity contribution in [2.75, 3.05) is 45.8 Å². The Hall–Kier alpha value is -4.99. The maximum absolute atomic E-state index is 14.1. The van der Waals surface area contributed by atoms with Crippen molar-refractivity contribution >= 4 is 41.8 Å². The van der Waals surface area contributed by atoms with E-state index < -0.39 is 163 Å². The maximum atomic E-state index is 14.1. The van der Waals surface area contributed by atoms with Crippen LogP contribution in [0.5, 0.6) is 0 Å². The number of halogens is 12. The zero-order valence-corrected chi connectivity index (χ0v) is 40.6. The molecule has 6 amide bonds. The van der Waals surface area contributed by atoms with E-state index in [2.05, 4.69) is 5.32 Å². The molecule has 0 aromatic heterocycles. The quantitative estimate of drug-likeness (QED) is 0.333. The van der Waals surface area contributed by atoms with E-state index in [0.29, 0.717) is 22.6 Å². The highest BCUT2D eigenvalue weighted by Gasteiger charge is 2.63. The number of amides is 6. The molecule has 2 aliphatic carbocycles. The molecule has 5 atom stereocenters. The highest BCUT2D eigenvalue weighted by molar-refractivity contribution is 5.89. The van der Waals surface area contributed by atoms with E-state index in [0.717, 1.165) is 9.80 Å². The third-order valence-corrected chi connectivity index (χ3v) is 13.0. The van der Waals surface area contributed by atoms with Crippen LogP contribution in [0.1, 0.15) is 100 Å². The summed E-state index contributed by atoms with van der Waals surface area (Å²) < 4.78 is 168. The monoisotopic (exact) mass is 1060 g/mol. The number of rotatable bonds is 3. The van der Waals surface area contributed by atoms with Crippen LogP contribution in [-0.4, -0.2) is 205 Å². The molecule has 17 nitrogen and oxygen atoms in total. The van der Waals surface area contributed by atoms with Crippen molar-refractivity contribution in [3.63, 3.8) is 0 Å². The van der Waals surface area contributed by atoms with E-state index in [4.69, 9.17) is 14.6 Å². The highest BCUT2D eigenvalue weighted by atomic mass is 19.4. The van der Waals surface area contributed by atoms with Gasteiger partial charge in [0.15, 0.2) is 0 Å². The van der Waals surface area contributed by atoms with Gasteiger partial charge < -0.3 is 34.2 Å². The molecule has 0 aromatic rings. The maximum Gasteiger partial charge on any atom is 0.471 e. The van der Waals surface area contributed by atoms with E-state index >= 15 is 0 Å². The molecule has 0 unspecified atom stereocenters. The summed E-state index contributed by atoms with van der Waals surface area (Å²) >= 11 is 0. The van der Waals surface area contributed by atoms with Crippen LogP contribution >= 0.6 is 0 Å². The summed E-state index contributed by atoms with van der Waals surface area (Å²) in [5.74, 6) is -16.1. The lowest BCUT2D eigenvalue weighted by atomic mass is 10.0. The van der Waals surface area contributed by atoms with Gasteiger partial charge in [0.25, 0.3) is 17.8 Å². The van der Waals surface area contributed by atoms with Crippen molar-refractivity contribution < 1.29 is 101 Å². The molecule has 7 aliphatic rings. The minimum absolute atomic E-state index is 0.0431. The first-order valence-corrected chi connectivity index (χ1v) is 22.9. The number of aliphatic carboxylic acids is 1. The van der Waals surface area contributed by atoms with Crippen LogP contribution in [0.4, 0.5) is 62.3 Å². The lowest BCUT2D eigenvalue weighted by Crippen LogP contribution is -2.65. The van der Waals surface area contributed by atoms with Gasteiger partial charge >= 0.3 is 42.3 Å². The molecular weight excluding hydrogens is 1000 g/mol. The van der Waals surface area contributed by atoms with Crippen LogP contribution in [0.15, 0.2) is 0 Å². The SMILES string of the molecule is CC(C)(C)OC(=O)N1CC(F)(F)C[C@H]1C(=O)O.C[C@H]1CN(C(=O)C(F)(F)F)C2(CC2)CN1C(=O)[C@@H]1CC(F)(F)CN1.C[C@H]1CN(C(=O)C(F)(F)F)C2(CC2)CN1C(=O)[C@@H]1CC(F)(F)CN1C(=O)OC(C)(C)C. The number of piperazine rings is 2. The summed E-state index contributed by atoms with van der Waals surface area (Å²) in [6.07, 6.45) is -13.2. The van der Waals surface area contributed by atoms with Crippen LogP contribution in [0.25, 0.3) is 0 Å². The van der Waals surface area contributed by atoms with Gasteiger partial charge in [0, 0.05) is 57.5 Å². The van der Waals surface area contributed by atoms with Crippen molar-refractivity contribution in [3.05, 3.63) is 0 Å². The molecule has 0 aromatic carbocycles. The van der Waals surface area contributed by atoms with Gasteiger partial charge in [-0.1, -0.05) is 0 Å². The molecule has 0 bridgehead atoms. The second-order valence-electron chi connectivity index (χ2n) is 21.6. The molecule has 5 saturated heterocycles. The molecule has 7 fully saturated rings. The summed E-state index contributed by atoms with van der Waals surface area (Å²) in [5.41, 5.74) is -3.96. The minimum Gasteiger partial charge on any atom is -0.480 e. The molecule has 5 aliphatic heterocycles. The number of nitrogens with one attached hydrogen (secondary N) is 1. The Balaban J connectivity index is 0.000000210. The normalized spacial score (nSPS) is 27.9. The van der Waals surface area contributed by atoms with E-state index in [9.17, 15) is 86.2 Å². The van der Waals surface area contributed by atoms with Crippen molar-refractivity contribution in [2.45, 2.75) is 183 Å². The Morgan fingerprint density at radius 3 is 1.21 bits per heavy atom. The van der Waals surface area contributed by atoms with Gasteiger partial charge in [0.2, 0.25) is 11.8 Å². The fourth-order valence-electron chi connectivity index (χ4n) is 9.25. The number of nitrogens with zero attached hydrogens (tertiary/aromatic N) is 6. The predicted octanol–water partition coefficient (Wildman–Crippen LogP) is 5.64. The first kappa shape index (κ1) is 57.9. The fraction of sp³-hybridized carbons (Fsp3) is 0.837. The van der Waals surface area contributed by atoms with E-state index in [1.54, 1.807) is 41.5 Å². The van der Waals surface area contributed by atoms with Crippen molar-refractivity contribution in [1.29, 1.82) is 0 Å². The lowest BCUT2D eigenvalue weighted by molar-refractivity contribution is -0.193. The Bertz CT molecular complexity index is 2120. The second kappa shape index (κ2) is 19.4. The molecule has 5 heterocycles. The van der Waals surface area contributed by atoms with Gasteiger partial charge in [-0.25, -0.2) is 40.7 Å². The molecule has 0 radical (unpaired) electrons. The van der Waals surface area contributed by atoms with Gasteiger partial charge in [-0.15, -0.1) is 0 Å². The van der Waals surface area contributed by atoms with Crippen LogP contribution in [0, 0.1) is 0 Å². The zero-order valence-electron chi connectivity index (χ0n) is 40.6. The first-order chi connectivity index (χ1) is 32.4. The van der Waals surface area contributed by atoms with Gasteiger partial charge in [0.05, 0.1) is 36.8 Å². The summed E-state index contributed by atoms with van der Waals surface area (Å²) in [4.78, 5) is 89.3. The number of carboxylic acid groups (broad SMARTS) is 1. The van der Waals surface area contributed by atoms with E-state index in [-0.39, 0.29) is 39.0 Å². The molecule has 7 rings (SSSR count). The Morgan fingerprint density at radius 1 is 0.528 bits per heavy atom.